The van der Waals surface area contributed by atoms with Crippen LogP contribution < -0.4 is 11.1 Å². The molecule has 0 bridgehead atoms. The van der Waals surface area contributed by atoms with Crippen LogP contribution in [0.2, 0.25) is 0 Å². The number of piperidine rings is 1. The predicted octanol–water partition coefficient (Wildman–Crippen LogP) is 6.23. The van der Waals surface area contributed by atoms with E-state index in [1.54, 1.807) is 0 Å². The van der Waals surface area contributed by atoms with Gasteiger partial charge in [0.2, 0.25) is 0 Å². The highest BCUT2D eigenvalue weighted by Gasteiger charge is 2.34. The first-order valence-electron chi connectivity index (χ1n) is 13.8. The lowest BCUT2D eigenvalue weighted by Gasteiger charge is -2.40. The van der Waals surface area contributed by atoms with Gasteiger partial charge in [0, 0.05) is 24.7 Å². The summed E-state index contributed by atoms with van der Waals surface area (Å²) in [6, 6.07) is 18.5. The van der Waals surface area contributed by atoms with Crippen molar-refractivity contribution in [2.75, 3.05) is 26.2 Å². The molecule has 3 rings (SSSR count). The van der Waals surface area contributed by atoms with Gasteiger partial charge in [0.25, 0.3) is 0 Å². The minimum atomic E-state index is -0.192. The number of hydrogen-bond acceptors (Lipinski definition) is 3. The molecule has 0 aliphatic carbocycles. The maximum Gasteiger partial charge on any atom is 0.0412 e. The van der Waals surface area contributed by atoms with E-state index in [9.17, 15) is 0 Å². The van der Waals surface area contributed by atoms with Crippen molar-refractivity contribution < 1.29 is 0 Å². The maximum atomic E-state index is 6.81. The topological polar surface area (TPSA) is 41.3 Å². The Labute approximate surface area is 215 Å². The molecule has 1 heterocycles. The van der Waals surface area contributed by atoms with Crippen molar-refractivity contribution in [3.63, 3.8) is 0 Å². The molecule has 0 spiro atoms. The van der Waals surface area contributed by atoms with Gasteiger partial charge < -0.3 is 16.0 Å². The molecule has 1 aliphatic heterocycles. The largest absolute Gasteiger partial charge is 0.326 e. The highest BCUT2D eigenvalue weighted by molar-refractivity contribution is 5.32. The molecule has 0 amide bonds. The van der Waals surface area contributed by atoms with E-state index in [4.69, 9.17) is 5.73 Å². The lowest BCUT2D eigenvalue weighted by Crippen LogP contribution is -2.61. The van der Waals surface area contributed by atoms with Crippen LogP contribution in [0, 0.1) is 0 Å². The lowest BCUT2D eigenvalue weighted by molar-refractivity contribution is 0.204. The zero-order chi connectivity index (χ0) is 25.7. The van der Waals surface area contributed by atoms with Crippen LogP contribution in [0.4, 0.5) is 0 Å². The van der Waals surface area contributed by atoms with Gasteiger partial charge in [-0.15, -0.1) is 0 Å². The first-order chi connectivity index (χ1) is 16.4. The summed E-state index contributed by atoms with van der Waals surface area (Å²) >= 11 is 0. The van der Waals surface area contributed by atoms with E-state index in [1.807, 2.05) is 0 Å². The van der Waals surface area contributed by atoms with Gasteiger partial charge in [-0.1, -0.05) is 96.5 Å². The summed E-state index contributed by atoms with van der Waals surface area (Å²) in [6.07, 6.45) is 5.90. The third-order valence-corrected chi connectivity index (χ3v) is 7.90. The highest BCUT2D eigenvalue weighted by Crippen LogP contribution is 2.28. The zero-order valence-electron chi connectivity index (χ0n) is 23.6. The van der Waals surface area contributed by atoms with Crippen molar-refractivity contribution in [3.05, 3.63) is 70.8 Å². The second kappa shape index (κ2) is 11.6. The predicted molar refractivity (Wildman–Crippen MR) is 152 cm³/mol. The number of nitrogens with zero attached hydrogens (tertiary/aromatic N) is 1. The SMILES string of the molecule is CC(N)C(Cc1ccc(C(C)(C)C)cc1)(Cc1ccc(C(C)(C)C)cc1)NCCN1CCCCC1. The van der Waals surface area contributed by atoms with E-state index in [-0.39, 0.29) is 22.4 Å². The summed E-state index contributed by atoms with van der Waals surface area (Å²) in [7, 11) is 0. The molecule has 35 heavy (non-hydrogen) atoms. The molecule has 0 saturated carbocycles. The molecule has 1 saturated heterocycles. The van der Waals surface area contributed by atoms with Crippen LogP contribution in [0.25, 0.3) is 0 Å². The fourth-order valence-corrected chi connectivity index (χ4v) is 5.29. The number of hydrogen-bond donors (Lipinski definition) is 2. The average Bonchev–Trinajstić information content (AvgIpc) is 2.79. The van der Waals surface area contributed by atoms with Crippen molar-refractivity contribution in [3.8, 4) is 0 Å². The van der Waals surface area contributed by atoms with E-state index in [0.29, 0.717) is 0 Å². The number of nitrogens with two attached hydrogens (primary N) is 1. The first-order valence-corrected chi connectivity index (χ1v) is 13.8. The van der Waals surface area contributed by atoms with Crippen molar-refractivity contribution >= 4 is 0 Å². The lowest BCUT2D eigenvalue weighted by atomic mass is 9.78. The van der Waals surface area contributed by atoms with Gasteiger partial charge in [-0.3, -0.25) is 0 Å². The van der Waals surface area contributed by atoms with Gasteiger partial charge in [0.1, 0.15) is 0 Å². The fourth-order valence-electron chi connectivity index (χ4n) is 5.29. The van der Waals surface area contributed by atoms with E-state index in [0.717, 1.165) is 25.9 Å². The van der Waals surface area contributed by atoms with E-state index in [1.165, 1.54) is 54.6 Å². The molecule has 3 heteroatoms. The van der Waals surface area contributed by atoms with Gasteiger partial charge in [0.15, 0.2) is 0 Å². The molecule has 0 aromatic heterocycles. The standard InChI is InChI=1S/C32H51N3/c1-25(33)32(34-19-22-35-20-9-8-10-21-35,23-26-11-15-28(16-12-26)30(2,3)4)24-27-13-17-29(18-14-27)31(5,6)7/h11-18,25,34H,8-10,19-24,33H2,1-7H3. The van der Waals surface area contributed by atoms with Gasteiger partial charge in [-0.25, -0.2) is 0 Å². The summed E-state index contributed by atoms with van der Waals surface area (Å²) in [5, 5.41) is 4.00. The van der Waals surface area contributed by atoms with Crippen molar-refractivity contribution in [1.29, 1.82) is 0 Å². The summed E-state index contributed by atoms with van der Waals surface area (Å²) in [4.78, 5) is 2.61. The van der Waals surface area contributed by atoms with Crippen LogP contribution in [-0.2, 0) is 23.7 Å². The van der Waals surface area contributed by atoms with Crippen LogP contribution in [0.3, 0.4) is 0 Å². The number of nitrogens with one attached hydrogen (secondary N) is 1. The van der Waals surface area contributed by atoms with Crippen LogP contribution in [0.15, 0.2) is 48.5 Å². The van der Waals surface area contributed by atoms with Crippen molar-refractivity contribution in [2.24, 2.45) is 5.73 Å². The molecule has 0 radical (unpaired) electrons. The van der Waals surface area contributed by atoms with E-state index < -0.39 is 0 Å². The minimum absolute atomic E-state index is 0.0217. The van der Waals surface area contributed by atoms with Crippen molar-refractivity contribution in [2.45, 2.75) is 103 Å². The van der Waals surface area contributed by atoms with Gasteiger partial charge >= 0.3 is 0 Å². The summed E-state index contributed by atoms with van der Waals surface area (Å²) in [5.74, 6) is 0. The molecule has 1 unspecified atom stereocenters. The van der Waals surface area contributed by atoms with Crippen LogP contribution >= 0.6 is 0 Å². The fraction of sp³-hybridized carbons (Fsp3) is 0.625. The Bertz CT molecular complexity index is 832. The molecule has 1 fully saturated rings. The molecule has 194 valence electrons. The summed E-state index contributed by atoms with van der Waals surface area (Å²) in [5.41, 5.74) is 12.4. The molecule has 2 aromatic carbocycles. The Morgan fingerprint density at radius 2 is 1.17 bits per heavy atom. The second-order valence-corrected chi connectivity index (χ2v) is 13.0. The summed E-state index contributed by atoms with van der Waals surface area (Å²) < 4.78 is 0. The average molecular weight is 478 g/mol. The van der Waals surface area contributed by atoms with Crippen LogP contribution in [-0.4, -0.2) is 42.7 Å². The van der Waals surface area contributed by atoms with Gasteiger partial charge in [0.05, 0.1) is 0 Å². The van der Waals surface area contributed by atoms with E-state index in [2.05, 4.69) is 107 Å². The van der Waals surface area contributed by atoms with Crippen molar-refractivity contribution in [1.82, 2.24) is 10.2 Å². The molecule has 2 aromatic rings. The quantitative estimate of drug-likeness (QED) is 0.450. The zero-order valence-corrected chi connectivity index (χ0v) is 23.6. The third-order valence-electron chi connectivity index (χ3n) is 7.90. The van der Waals surface area contributed by atoms with Crippen LogP contribution in [0.1, 0.15) is 90.0 Å². The molecular formula is C32H51N3. The monoisotopic (exact) mass is 477 g/mol. The molecule has 1 aliphatic rings. The first kappa shape index (κ1) is 27.9. The van der Waals surface area contributed by atoms with Crippen LogP contribution in [0.5, 0.6) is 0 Å². The minimum Gasteiger partial charge on any atom is -0.326 e. The molecular weight excluding hydrogens is 426 g/mol. The smallest absolute Gasteiger partial charge is 0.0412 e. The highest BCUT2D eigenvalue weighted by atomic mass is 15.2. The maximum absolute atomic E-state index is 6.81. The summed E-state index contributed by atoms with van der Waals surface area (Å²) in [6.45, 7) is 20.4. The number of rotatable bonds is 9. The Morgan fingerprint density at radius 1 is 0.743 bits per heavy atom. The molecule has 3 N–H and O–H groups in total. The second-order valence-electron chi connectivity index (χ2n) is 13.0. The normalized spacial score (nSPS) is 16.9. The van der Waals surface area contributed by atoms with Gasteiger partial charge in [-0.2, -0.15) is 0 Å². The number of likely N-dealkylation sites (tertiary alicyclic amines) is 1. The Morgan fingerprint density at radius 3 is 1.54 bits per heavy atom. The van der Waals surface area contributed by atoms with E-state index >= 15 is 0 Å². The van der Waals surface area contributed by atoms with Gasteiger partial charge in [-0.05, 0) is 78.8 Å². The molecule has 1 atom stereocenters. The molecule has 3 nitrogen and oxygen atoms in total. The third kappa shape index (κ3) is 7.90. The number of benzene rings is 2. The Hall–Kier alpha value is -1.68. The Balaban J connectivity index is 1.83. The Kier molecular flexibility index (Phi) is 9.23.